The molecule has 0 aliphatic carbocycles. The highest BCUT2D eigenvalue weighted by molar-refractivity contribution is 7.91. The van der Waals surface area contributed by atoms with E-state index in [9.17, 15) is 17.2 Å². The van der Waals surface area contributed by atoms with Crippen molar-refractivity contribution >= 4 is 26.5 Å². The number of hydrogen-bond acceptors (Lipinski definition) is 5. The summed E-state index contributed by atoms with van der Waals surface area (Å²) in [5.74, 6) is 0. The molecule has 0 saturated heterocycles. The summed E-state index contributed by atoms with van der Waals surface area (Å²) in [6, 6.07) is 0. The van der Waals surface area contributed by atoms with Gasteiger partial charge in [0.25, 0.3) is 16.4 Å². The lowest BCUT2D eigenvalue weighted by molar-refractivity contribution is 0.153. The van der Waals surface area contributed by atoms with Crippen LogP contribution in [0.4, 0.5) is 13.9 Å². The first-order chi connectivity index (χ1) is 6.83. The van der Waals surface area contributed by atoms with Gasteiger partial charge in [-0.2, -0.15) is 0 Å². The quantitative estimate of drug-likeness (QED) is 0.826. The summed E-state index contributed by atoms with van der Waals surface area (Å²) in [7, 11) is -3.92. The van der Waals surface area contributed by atoms with Crippen molar-refractivity contribution in [2.75, 3.05) is 12.3 Å². The van der Waals surface area contributed by atoms with Crippen molar-refractivity contribution in [3.8, 4) is 0 Å². The van der Waals surface area contributed by atoms with E-state index >= 15 is 0 Å². The van der Waals surface area contributed by atoms with Crippen molar-refractivity contribution in [1.29, 1.82) is 0 Å². The van der Waals surface area contributed by atoms with Crippen LogP contribution in [0, 0.1) is 6.92 Å². The van der Waals surface area contributed by atoms with E-state index in [1.54, 1.807) is 4.72 Å². The Hall–Kier alpha value is -0.800. The standard InChI is InChI=1S/C6H9F2N3O2S2/c1-3-5(14-6(9)11-3)15(12,13)10-2-4(7)8/h4,10H,2H2,1H3,(H2,9,11). The zero-order chi connectivity index (χ0) is 11.6. The number of aryl methyl sites for hydroxylation is 1. The average molecular weight is 257 g/mol. The number of anilines is 1. The zero-order valence-corrected chi connectivity index (χ0v) is 9.33. The second kappa shape index (κ2) is 4.37. The topological polar surface area (TPSA) is 85.1 Å². The van der Waals surface area contributed by atoms with Crippen LogP contribution in [-0.2, 0) is 10.0 Å². The summed E-state index contributed by atoms with van der Waals surface area (Å²) in [4.78, 5) is 3.69. The molecule has 0 aliphatic rings. The first-order valence-corrected chi connectivity index (χ1v) is 6.13. The summed E-state index contributed by atoms with van der Waals surface area (Å²) in [6.45, 7) is 0.531. The number of hydrogen-bond donors (Lipinski definition) is 2. The SMILES string of the molecule is Cc1nc(N)sc1S(=O)(=O)NCC(F)F. The summed E-state index contributed by atoms with van der Waals surface area (Å²) >= 11 is 0.744. The van der Waals surface area contributed by atoms with Crippen LogP contribution in [-0.4, -0.2) is 26.4 Å². The van der Waals surface area contributed by atoms with E-state index in [1.165, 1.54) is 6.92 Å². The second-order valence-electron chi connectivity index (χ2n) is 2.67. The first kappa shape index (κ1) is 12.3. The van der Waals surface area contributed by atoms with Crippen LogP contribution in [0.15, 0.2) is 4.21 Å². The normalized spacial score (nSPS) is 12.3. The van der Waals surface area contributed by atoms with Gasteiger partial charge in [-0.25, -0.2) is 26.9 Å². The Morgan fingerprint density at radius 1 is 1.60 bits per heavy atom. The molecule has 0 spiro atoms. The van der Waals surface area contributed by atoms with Crippen molar-refractivity contribution in [1.82, 2.24) is 9.71 Å². The molecule has 0 amide bonds. The summed E-state index contributed by atoms with van der Waals surface area (Å²) in [5, 5.41) is 0.0879. The molecule has 9 heteroatoms. The van der Waals surface area contributed by atoms with Crippen LogP contribution >= 0.6 is 11.3 Å². The van der Waals surface area contributed by atoms with Gasteiger partial charge in [-0.3, -0.25) is 0 Å². The maximum Gasteiger partial charge on any atom is 0.252 e. The second-order valence-corrected chi connectivity index (χ2v) is 5.66. The van der Waals surface area contributed by atoms with Crippen molar-refractivity contribution in [3.63, 3.8) is 0 Å². The van der Waals surface area contributed by atoms with Crippen LogP contribution in [0.1, 0.15) is 5.69 Å². The van der Waals surface area contributed by atoms with Crippen LogP contribution in [0.25, 0.3) is 0 Å². The van der Waals surface area contributed by atoms with Gasteiger partial charge >= 0.3 is 0 Å². The highest BCUT2D eigenvalue weighted by Crippen LogP contribution is 2.24. The van der Waals surface area contributed by atoms with Gasteiger partial charge < -0.3 is 5.73 Å². The van der Waals surface area contributed by atoms with Gasteiger partial charge in [0.15, 0.2) is 9.34 Å². The molecule has 1 aromatic heterocycles. The van der Waals surface area contributed by atoms with E-state index < -0.39 is 23.0 Å². The average Bonchev–Trinajstić information content (AvgIpc) is 2.43. The number of rotatable bonds is 4. The summed E-state index contributed by atoms with van der Waals surface area (Å²) in [6.07, 6.45) is -2.73. The fourth-order valence-electron chi connectivity index (χ4n) is 0.890. The largest absolute Gasteiger partial charge is 0.375 e. The Bertz CT molecular complexity index is 443. The first-order valence-electron chi connectivity index (χ1n) is 3.83. The third-order valence-electron chi connectivity index (χ3n) is 1.44. The number of aromatic nitrogens is 1. The van der Waals surface area contributed by atoms with Crippen LogP contribution in [0.2, 0.25) is 0 Å². The van der Waals surface area contributed by atoms with E-state index in [0.29, 0.717) is 0 Å². The maximum atomic E-state index is 11.8. The maximum absolute atomic E-state index is 11.8. The van der Waals surface area contributed by atoms with E-state index in [2.05, 4.69) is 4.98 Å². The number of alkyl halides is 2. The number of nitrogens with one attached hydrogen (secondary N) is 1. The monoisotopic (exact) mass is 257 g/mol. The molecule has 1 heterocycles. The van der Waals surface area contributed by atoms with Gasteiger partial charge in [0.05, 0.1) is 12.2 Å². The molecule has 0 aliphatic heterocycles. The van der Waals surface area contributed by atoms with Crippen LogP contribution in [0.3, 0.4) is 0 Å². The van der Waals surface area contributed by atoms with Gasteiger partial charge in [-0.05, 0) is 6.92 Å². The lowest BCUT2D eigenvalue weighted by Crippen LogP contribution is -2.28. The smallest absolute Gasteiger partial charge is 0.252 e. The molecule has 86 valence electrons. The summed E-state index contributed by atoms with van der Waals surface area (Å²) in [5.41, 5.74) is 5.51. The molecule has 0 radical (unpaired) electrons. The number of nitrogens with zero attached hydrogens (tertiary/aromatic N) is 1. The molecule has 0 unspecified atom stereocenters. The molecular formula is C6H9F2N3O2S2. The third-order valence-corrected chi connectivity index (χ3v) is 4.46. The fraction of sp³-hybridized carbons (Fsp3) is 0.500. The number of thiazole rings is 1. The number of sulfonamides is 1. The molecule has 1 aromatic rings. The Morgan fingerprint density at radius 2 is 2.20 bits per heavy atom. The van der Waals surface area contributed by atoms with Crippen molar-refractivity contribution in [3.05, 3.63) is 5.69 Å². The van der Waals surface area contributed by atoms with Crippen LogP contribution in [0.5, 0.6) is 0 Å². The van der Waals surface area contributed by atoms with E-state index in [-0.39, 0.29) is 15.0 Å². The lowest BCUT2D eigenvalue weighted by Gasteiger charge is -2.03. The van der Waals surface area contributed by atoms with E-state index in [0.717, 1.165) is 11.3 Å². The van der Waals surface area contributed by atoms with Gasteiger partial charge in [0.2, 0.25) is 0 Å². The number of halogens is 2. The molecular weight excluding hydrogens is 248 g/mol. The summed E-state index contributed by atoms with van der Waals surface area (Å²) < 4.78 is 48.2. The molecule has 3 N–H and O–H groups in total. The zero-order valence-electron chi connectivity index (χ0n) is 7.70. The molecule has 0 fully saturated rings. The van der Waals surface area contributed by atoms with Gasteiger partial charge in [-0.1, -0.05) is 11.3 Å². The van der Waals surface area contributed by atoms with Crippen LogP contribution < -0.4 is 10.5 Å². The molecule has 0 atom stereocenters. The number of nitrogen functional groups attached to an aromatic ring is 1. The van der Waals surface area contributed by atoms with Crippen molar-refractivity contribution in [2.24, 2.45) is 0 Å². The minimum atomic E-state index is -3.92. The Kier molecular flexibility index (Phi) is 3.58. The van der Waals surface area contributed by atoms with Crippen molar-refractivity contribution < 1.29 is 17.2 Å². The van der Waals surface area contributed by atoms with Crippen molar-refractivity contribution in [2.45, 2.75) is 17.6 Å². The molecule has 0 aromatic carbocycles. The van der Waals surface area contributed by atoms with Gasteiger partial charge in [0.1, 0.15) is 0 Å². The highest BCUT2D eigenvalue weighted by Gasteiger charge is 2.22. The minimum Gasteiger partial charge on any atom is -0.375 e. The fourth-order valence-corrected chi connectivity index (χ4v) is 3.24. The highest BCUT2D eigenvalue weighted by atomic mass is 32.2. The Balaban J connectivity index is 2.91. The lowest BCUT2D eigenvalue weighted by atomic mass is 10.6. The molecule has 15 heavy (non-hydrogen) atoms. The molecule has 5 nitrogen and oxygen atoms in total. The van der Waals surface area contributed by atoms with E-state index in [1.807, 2.05) is 0 Å². The predicted molar refractivity (Wildman–Crippen MR) is 52.5 cm³/mol. The van der Waals surface area contributed by atoms with E-state index in [4.69, 9.17) is 5.73 Å². The third kappa shape index (κ3) is 3.08. The molecule has 0 saturated carbocycles. The molecule has 0 bridgehead atoms. The molecule has 1 rings (SSSR count). The Morgan fingerprint density at radius 3 is 2.60 bits per heavy atom. The van der Waals surface area contributed by atoms with Gasteiger partial charge in [0, 0.05) is 0 Å². The Labute approximate surface area is 89.4 Å². The minimum absolute atomic E-state index is 0.0879. The van der Waals surface area contributed by atoms with Gasteiger partial charge in [-0.15, -0.1) is 0 Å². The number of nitrogens with two attached hydrogens (primary N) is 1. The predicted octanol–water partition coefficient (Wildman–Crippen LogP) is 0.577.